The first-order valence-electron chi connectivity index (χ1n) is 6.17. The summed E-state index contributed by atoms with van der Waals surface area (Å²) in [6.45, 7) is 3.67. The van der Waals surface area contributed by atoms with Crippen LogP contribution in [0.15, 0.2) is 18.2 Å². The van der Waals surface area contributed by atoms with Crippen LogP contribution in [-0.4, -0.2) is 35.3 Å². The number of nitrogens with one attached hydrogen (secondary N) is 1. The first-order valence-corrected chi connectivity index (χ1v) is 6.17. The average molecular weight is 280 g/mol. The largest absolute Gasteiger partial charge is 0.481 e. The minimum atomic E-state index is -1.10. The van der Waals surface area contributed by atoms with Crippen molar-refractivity contribution in [2.75, 3.05) is 18.5 Å². The Kier molecular flexibility index (Phi) is 3.63. The summed E-state index contributed by atoms with van der Waals surface area (Å²) in [4.78, 5) is 21.9. The van der Waals surface area contributed by atoms with Gasteiger partial charge in [-0.25, -0.2) is 0 Å². The van der Waals surface area contributed by atoms with Crippen LogP contribution in [0.25, 0.3) is 0 Å². The summed E-state index contributed by atoms with van der Waals surface area (Å²) in [5, 5.41) is 23.3. The van der Waals surface area contributed by atoms with Gasteiger partial charge in [-0.2, -0.15) is 0 Å². The molecule has 20 heavy (non-hydrogen) atoms. The molecular formula is C13H16N2O5. The van der Waals surface area contributed by atoms with Gasteiger partial charge in [-0.15, -0.1) is 0 Å². The first kappa shape index (κ1) is 14.3. The lowest BCUT2D eigenvalue weighted by Gasteiger charge is -2.26. The van der Waals surface area contributed by atoms with Crippen LogP contribution in [0, 0.1) is 22.5 Å². The van der Waals surface area contributed by atoms with E-state index in [0.29, 0.717) is 5.69 Å². The van der Waals surface area contributed by atoms with Crippen LogP contribution in [0.4, 0.5) is 11.4 Å². The Bertz CT molecular complexity index is 560. The molecule has 2 atom stereocenters. The number of aryl methyl sites for hydroxylation is 1. The number of ether oxygens (including phenoxy) is 1. The zero-order valence-corrected chi connectivity index (χ0v) is 11.3. The van der Waals surface area contributed by atoms with E-state index in [1.807, 2.05) is 6.92 Å². The molecule has 2 N–H and O–H groups in total. The molecule has 1 aromatic carbocycles. The number of anilines is 1. The number of carbonyl (C=O) groups is 1. The second kappa shape index (κ2) is 5.09. The van der Waals surface area contributed by atoms with Gasteiger partial charge in [-0.05, 0) is 25.5 Å². The number of nitro benzene ring substituents is 1. The zero-order valence-electron chi connectivity index (χ0n) is 11.3. The highest BCUT2D eigenvalue weighted by Gasteiger charge is 2.47. The van der Waals surface area contributed by atoms with Crippen LogP contribution in [0.5, 0.6) is 0 Å². The third kappa shape index (κ3) is 2.44. The van der Waals surface area contributed by atoms with E-state index in [4.69, 9.17) is 4.74 Å². The third-order valence-corrected chi connectivity index (χ3v) is 3.62. The lowest BCUT2D eigenvalue weighted by Crippen LogP contribution is -2.43. The molecule has 0 bridgehead atoms. The molecule has 7 heteroatoms. The van der Waals surface area contributed by atoms with Gasteiger partial charge in [-0.1, -0.05) is 6.07 Å². The van der Waals surface area contributed by atoms with Crippen molar-refractivity contribution in [2.24, 2.45) is 5.41 Å². The molecule has 0 amide bonds. The van der Waals surface area contributed by atoms with E-state index >= 15 is 0 Å². The van der Waals surface area contributed by atoms with Crippen LogP contribution in [0.3, 0.4) is 0 Å². The summed E-state index contributed by atoms with van der Waals surface area (Å²) < 4.78 is 5.22. The number of benzene rings is 1. The molecule has 1 aliphatic heterocycles. The summed E-state index contributed by atoms with van der Waals surface area (Å²) >= 11 is 0. The van der Waals surface area contributed by atoms with Crippen LogP contribution in [0.2, 0.25) is 0 Å². The second-order valence-corrected chi connectivity index (χ2v) is 5.21. The molecule has 1 aliphatic rings. The molecule has 108 valence electrons. The molecule has 2 unspecified atom stereocenters. The van der Waals surface area contributed by atoms with E-state index in [-0.39, 0.29) is 18.9 Å². The summed E-state index contributed by atoms with van der Waals surface area (Å²) in [7, 11) is 0. The smallest absolute Gasteiger partial charge is 0.313 e. The van der Waals surface area contributed by atoms with Gasteiger partial charge in [0.25, 0.3) is 5.69 Å². The number of nitrogens with zero attached hydrogens (tertiary/aromatic N) is 1. The number of carboxylic acid groups (broad SMARTS) is 1. The van der Waals surface area contributed by atoms with Crippen molar-refractivity contribution in [1.29, 1.82) is 0 Å². The fraction of sp³-hybridized carbons (Fsp3) is 0.462. The topological polar surface area (TPSA) is 102 Å². The van der Waals surface area contributed by atoms with Crippen molar-refractivity contribution in [3.63, 3.8) is 0 Å². The van der Waals surface area contributed by atoms with E-state index in [9.17, 15) is 20.0 Å². The molecule has 0 spiro atoms. The molecule has 0 aliphatic carbocycles. The Morgan fingerprint density at radius 1 is 1.60 bits per heavy atom. The molecule has 0 saturated carbocycles. The quantitative estimate of drug-likeness (QED) is 0.644. The van der Waals surface area contributed by atoms with Gasteiger partial charge in [0.1, 0.15) is 11.1 Å². The van der Waals surface area contributed by atoms with Crippen molar-refractivity contribution in [3.8, 4) is 0 Å². The van der Waals surface area contributed by atoms with Gasteiger partial charge < -0.3 is 15.2 Å². The highest BCUT2D eigenvalue weighted by Crippen LogP contribution is 2.34. The van der Waals surface area contributed by atoms with Crippen molar-refractivity contribution in [3.05, 3.63) is 33.9 Å². The van der Waals surface area contributed by atoms with Crippen molar-refractivity contribution in [1.82, 2.24) is 0 Å². The Labute approximate surface area is 115 Å². The average Bonchev–Trinajstić information content (AvgIpc) is 2.72. The van der Waals surface area contributed by atoms with Gasteiger partial charge in [-0.3, -0.25) is 14.9 Å². The lowest BCUT2D eigenvalue weighted by molar-refractivity contribution is -0.384. The molecule has 1 heterocycles. The monoisotopic (exact) mass is 280 g/mol. The first-order chi connectivity index (χ1) is 9.34. The standard InChI is InChI=1S/C13H16N2O5/c1-8-3-4-10(15(18)19)9(5-8)14-11-6-20-7-13(11,2)12(16)17/h3-5,11,14H,6-7H2,1-2H3,(H,16,17). The SMILES string of the molecule is Cc1ccc([N+](=O)[O-])c(NC2COCC2(C)C(=O)O)c1. The van der Waals surface area contributed by atoms with E-state index < -0.39 is 22.3 Å². The molecule has 1 aromatic rings. The Morgan fingerprint density at radius 2 is 2.30 bits per heavy atom. The van der Waals surface area contributed by atoms with Crippen molar-refractivity contribution < 1.29 is 19.6 Å². The molecule has 0 radical (unpaired) electrons. The van der Waals surface area contributed by atoms with Gasteiger partial charge in [0, 0.05) is 6.07 Å². The van der Waals surface area contributed by atoms with Crippen molar-refractivity contribution in [2.45, 2.75) is 19.9 Å². The van der Waals surface area contributed by atoms with Crippen LogP contribution in [-0.2, 0) is 9.53 Å². The maximum absolute atomic E-state index is 11.4. The molecule has 2 rings (SSSR count). The van der Waals surface area contributed by atoms with Crippen LogP contribution in [0.1, 0.15) is 12.5 Å². The fourth-order valence-electron chi connectivity index (χ4n) is 2.20. The number of hydrogen-bond donors (Lipinski definition) is 2. The number of nitro groups is 1. The molecule has 7 nitrogen and oxygen atoms in total. The minimum absolute atomic E-state index is 0.0739. The Hall–Kier alpha value is -2.15. The lowest BCUT2D eigenvalue weighted by atomic mass is 9.85. The van der Waals surface area contributed by atoms with Gasteiger partial charge in [0.15, 0.2) is 0 Å². The maximum Gasteiger partial charge on any atom is 0.313 e. The van der Waals surface area contributed by atoms with Gasteiger partial charge in [0.05, 0.1) is 24.2 Å². The number of rotatable bonds is 4. The van der Waals surface area contributed by atoms with Crippen molar-refractivity contribution >= 4 is 17.3 Å². The zero-order chi connectivity index (χ0) is 14.9. The van der Waals surface area contributed by atoms with Gasteiger partial charge in [0.2, 0.25) is 0 Å². The molecule has 1 fully saturated rings. The highest BCUT2D eigenvalue weighted by molar-refractivity contribution is 5.77. The molecule has 0 aromatic heterocycles. The van der Waals surface area contributed by atoms with Crippen LogP contribution < -0.4 is 5.32 Å². The Balaban J connectivity index is 2.32. The summed E-state index contributed by atoms with van der Waals surface area (Å²) in [6, 6.07) is 4.18. The van der Waals surface area contributed by atoms with E-state index in [1.54, 1.807) is 19.1 Å². The number of carboxylic acids is 1. The molecular weight excluding hydrogens is 264 g/mol. The van der Waals surface area contributed by atoms with E-state index in [1.165, 1.54) is 6.07 Å². The number of hydrogen-bond acceptors (Lipinski definition) is 5. The maximum atomic E-state index is 11.4. The highest BCUT2D eigenvalue weighted by atomic mass is 16.6. The predicted molar refractivity (Wildman–Crippen MR) is 71.8 cm³/mol. The summed E-state index contributed by atoms with van der Waals surface area (Å²) in [5.41, 5.74) is -0.000276. The van der Waals surface area contributed by atoms with E-state index in [0.717, 1.165) is 5.56 Å². The summed E-state index contributed by atoms with van der Waals surface area (Å²) in [5.74, 6) is -0.984. The van der Waals surface area contributed by atoms with E-state index in [2.05, 4.69) is 5.32 Å². The van der Waals surface area contributed by atoms with Gasteiger partial charge >= 0.3 is 5.97 Å². The Morgan fingerprint density at radius 3 is 2.90 bits per heavy atom. The summed E-state index contributed by atoms with van der Waals surface area (Å²) in [6.07, 6.45) is 0. The predicted octanol–water partition coefficient (Wildman–Crippen LogP) is 1.80. The van der Waals surface area contributed by atoms with Crippen LogP contribution >= 0.6 is 0 Å². The second-order valence-electron chi connectivity index (χ2n) is 5.21. The molecule has 1 saturated heterocycles. The number of aliphatic carboxylic acids is 1. The third-order valence-electron chi connectivity index (χ3n) is 3.62. The fourth-order valence-corrected chi connectivity index (χ4v) is 2.20. The normalized spacial score (nSPS) is 25.4. The minimum Gasteiger partial charge on any atom is -0.481 e.